The van der Waals surface area contributed by atoms with E-state index in [9.17, 15) is 19.2 Å². The monoisotopic (exact) mass is 938 g/mol. The number of ether oxygens (including phenoxy) is 4. The SMILES string of the molecule is CC(=O)c1c(C)c2cnc(Nc3ccc(N4CCN(C(=O)CCOCCOCCOCCOCCNc5ccc(C)c(C(=O)Nc6nc(C)c(C)s6)c5)CC4)cn3)nc2n(C2CCCC2)c1=O. The van der Waals surface area contributed by atoms with Crippen LogP contribution in [0.25, 0.3) is 11.0 Å². The number of benzene rings is 1. The molecule has 0 radical (unpaired) electrons. The minimum atomic E-state index is -0.286. The molecule has 18 nitrogen and oxygen atoms in total. The van der Waals surface area contributed by atoms with Crippen LogP contribution in [0, 0.1) is 27.7 Å². The lowest BCUT2D eigenvalue weighted by Crippen LogP contribution is -2.49. The van der Waals surface area contributed by atoms with Gasteiger partial charge in [-0.1, -0.05) is 18.9 Å². The average Bonchev–Trinajstić information content (AvgIpc) is 3.96. The van der Waals surface area contributed by atoms with Crippen molar-refractivity contribution in [1.82, 2.24) is 29.4 Å². The molecule has 1 aromatic carbocycles. The van der Waals surface area contributed by atoms with Gasteiger partial charge in [0.15, 0.2) is 10.9 Å². The van der Waals surface area contributed by atoms with Crippen molar-refractivity contribution in [3.05, 3.63) is 85.9 Å². The van der Waals surface area contributed by atoms with Gasteiger partial charge in [-0.05, 0) is 82.9 Å². The van der Waals surface area contributed by atoms with Crippen molar-refractivity contribution in [2.75, 3.05) is 106 Å². The lowest BCUT2D eigenvalue weighted by molar-refractivity contribution is -0.132. The first-order valence-electron chi connectivity index (χ1n) is 23.1. The van der Waals surface area contributed by atoms with Crippen LogP contribution in [0.1, 0.15) is 87.5 Å². The number of anilines is 5. The Morgan fingerprint density at radius 3 is 2.13 bits per heavy atom. The van der Waals surface area contributed by atoms with Gasteiger partial charge in [0.25, 0.3) is 11.5 Å². The van der Waals surface area contributed by atoms with Crippen molar-refractivity contribution >= 4 is 68.2 Å². The number of carbonyl (C=O) groups excluding carboxylic acids is 3. The number of hydrogen-bond donors (Lipinski definition) is 3. The highest BCUT2D eigenvalue weighted by Crippen LogP contribution is 2.32. The normalized spacial score (nSPS) is 14.2. The summed E-state index contributed by atoms with van der Waals surface area (Å²) in [5.41, 5.74) is 5.23. The number of rotatable bonds is 23. The van der Waals surface area contributed by atoms with E-state index in [1.54, 1.807) is 23.9 Å². The first-order valence-corrected chi connectivity index (χ1v) is 23.9. The van der Waals surface area contributed by atoms with Gasteiger partial charge >= 0.3 is 0 Å². The Kier molecular flexibility index (Phi) is 17.4. The van der Waals surface area contributed by atoms with Crippen molar-refractivity contribution in [3.63, 3.8) is 0 Å². The van der Waals surface area contributed by atoms with Crippen molar-refractivity contribution < 1.29 is 33.3 Å². The number of amides is 2. The molecule has 1 saturated carbocycles. The summed E-state index contributed by atoms with van der Waals surface area (Å²) < 4.78 is 24.2. The number of Topliss-reactive ketones (excluding diaryl/α,β-unsaturated/α-hetero) is 1. The predicted octanol–water partition coefficient (Wildman–Crippen LogP) is 6.41. The van der Waals surface area contributed by atoms with Crippen molar-refractivity contribution in [2.24, 2.45) is 0 Å². The maximum atomic E-state index is 13.6. The molecule has 2 aliphatic rings. The Labute approximate surface area is 394 Å². The molecule has 7 rings (SSSR count). The van der Waals surface area contributed by atoms with Gasteiger partial charge in [0.05, 0.1) is 82.4 Å². The number of aromatic nitrogens is 5. The first-order chi connectivity index (χ1) is 32.5. The Hall–Kier alpha value is -5.86. The van der Waals surface area contributed by atoms with E-state index in [0.29, 0.717) is 131 Å². The number of pyridine rings is 2. The van der Waals surface area contributed by atoms with Crippen LogP contribution in [0.2, 0.25) is 0 Å². The average molecular weight is 939 g/mol. The zero-order valence-corrected chi connectivity index (χ0v) is 40.0. The third-order valence-corrected chi connectivity index (χ3v) is 13.1. The molecule has 0 atom stereocenters. The molecule has 0 bridgehead atoms. The van der Waals surface area contributed by atoms with E-state index in [1.807, 2.05) is 56.0 Å². The molecule has 5 aromatic rings. The van der Waals surface area contributed by atoms with Crippen LogP contribution in [-0.2, 0) is 23.7 Å². The van der Waals surface area contributed by atoms with E-state index in [-0.39, 0.29) is 34.8 Å². The molecule has 0 unspecified atom stereocenters. The van der Waals surface area contributed by atoms with E-state index in [4.69, 9.17) is 23.9 Å². The van der Waals surface area contributed by atoms with Crippen LogP contribution < -0.4 is 26.4 Å². The second kappa shape index (κ2) is 23.7. The van der Waals surface area contributed by atoms with E-state index < -0.39 is 0 Å². The largest absolute Gasteiger partial charge is 0.383 e. The van der Waals surface area contributed by atoms with Crippen molar-refractivity contribution in [1.29, 1.82) is 0 Å². The summed E-state index contributed by atoms with van der Waals surface area (Å²) in [5, 5.41) is 10.7. The third kappa shape index (κ3) is 13.0. The fourth-order valence-electron chi connectivity index (χ4n) is 8.30. The van der Waals surface area contributed by atoms with Gasteiger partial charge in [0.1, 0.15) is 11.5 Å². The van der Waals surface area contributed by atoms with Gasteiger partial charge < -0.3 is 39.4 Å². The standard InChI is InChI=1S/C48H62N10O8S/c1-31-10-11-36(28-39(31)45(61)55-48-52-33(3)35(5)67-48)49-15-21-64-23-25-66-27-26-65-24-22-63-20-14-42(60)57-18-16-56(17-19-57)38-12-13-41(50-29-38)53-47-51-30-40-32(2)43(34(4)59)46(62)58(44(40)54-47)37-8-6-7-9-37/h10-13,28-30,37,49H,6-9,14-27H2,1-5H3,(H,52,55,61)(H,50,51,53,54). The molecule has 4 aromatic heterocycles. The highest BCUT2D eigenvalue weighted by molar-refractivity contribution is 7.15. The number of ketones is 1. The Balaban J connectivity index is 0.714. The highest BCUT2D eigenvalue weighted by atomic mass is 32.1. The van der Waals surface area contributed by atoms with Crippen LogP contribution in [-0.4, -0.2) is 133 Å². The van der Waals surface area contributed by atoms with Gasteiger partial charge in [0, 0.05) is 66.5 Å². The molecule has 19 heteroatoms. The van der Waals surface area contributed by atoms with Crippen LogP contribution >= 0.6 is 11.3 Å². The maximum Gasteiger partial charge on any atom is 0.263 e. The Morgan fingerprint density at radius 1 is 0.806 bits per heavy atom. The smallest absolute Gasteiger partial charge is 0.263 e. The Bertz CT molecular complexity index is 2530. The van der Waals surface area contributed by atoms with Crippen LogP contribution in [0.4, 0.5) is 28.3 Å². The van der Waals surface area contributed by atoms with Gasteiger partial charge in [-0.2, -0.15) is 4.98 Å². The number of fused-ring (bicyclic) bond motifs is 1. The number of nitrogens with zero attached hydrogens (tertiary/aromatic N) is 7. The lowest BCUT2D eigenvalue weighted by atomic mass is 10.0. The second-order valence-corrected chi connectivity index (χ2v) is 18.0. The third-order valence-electron chi connectivity index (χ3n) is 12.1. The molecule has 1 aliphatic carbocycles. The Morgan fingerprint density at radius 2 is 1.49 bits per heavy atom. The summed E-state index contributed by atoms with van der Waals surface area (Å²) in [4.78, 5) is 75.2. The number of aryl methyl sites for hydroxylation is 4. The molecule has 1 aliphatic heterocycles. The molecule has 67 heavy (non-hydrogen) atoms. The molecular weight excluding hydrogens is 877 g/mol. The molecule has 2 amide bonds. The summed E-state index contributed by atoms with van der Waals surface area (Å²) in [6.07, 6.45) is 7.57. The fourth-order valence-corrected chi connectivity index (χ4v) is 9.11. The maximum absolute atomic E-state index is 13.6. The van der Waals surface area contributed by atoms with Gasteiger partial charge in [-0.3, -0.25) is 29.1 Å². The van der Waals surface area contributed by atoms with Crippen LogP contribution in [0.15, 0.2) is 47.5 Å². The summed E-state index contributed by atoms with van der Waals surface area (Å²) in [5.74, 6) is 0.504. The van der Waals surface area contributed by atoms with Crippen LogP contribution in [0.3, 0.4) is 0 Å². The van der Waals surface area contributed by atoms with Gasteiger partial charge in [-0.15, -0.1) is 11.3 Å². The topological polar surface area (TPSA) is 204 Å². The van der Waals surface area contributed by atoms with Crippen LogP contribution in [0.5, 0.6) is 0 Å². The van der Waals surface area contributed by atoms with E-state index in [2.05, 4.69) is 35.8 Å². The molecular formula is C48H62N10O8S. The zero-order chi connectivity index (χ0) is 47.3. The number of carbonyl (C=O) groups is 3. The van der Waals surface area contributed by atoms with Gasteiger partial charge in [-0.25, -0.2) is 15.0 Å². The first kappa shape index (κ1) is 49.1. The summed E-state index contributed by atoms with van der Waals surface area (Å²) >= 11 is 1.47. The zero-order valence-electron chi connectivity index (χ0n) is 39.2. The van der Waals surface area contributed by atoms with E-state index in [0.717, 1.165) is 53.2 Å². The molecule has 1 saturated heterocycles. The van der Waals surface area contributed by atoms with E-state index in [1.165, 1.54) is 18.3 Å². The lowest BCUT2D eigenvalue weighted by Gasteiger charge is -2.36. The molecule has 3 N–H and O–H groups in total. The number of hydrogen-bond acceptors (Lipinski definition) is 16. The second-order valence-electron chi connectivity index (χ2n) is 16.8. The molecule has 358 valence electrons. The summed E-state index contributed by atoms with van der Waals surface area (Å²) in [7, 11) is 0. The molecule has 5 heterocycles. The molecule has 0 spiro atoms. The fraction of sp³-hybridized carbons (Fsp3) is 0.500. The summed E-state index contributed by atoms with van der Waals surface area (Å²) in [6, 6.07) is 9.54. The predicted molar refractivity (Wildman–Crippen MR) is 259 cm³/mol. The van der Waals surface area contributed by atoms with Gasteiger partial charge in [0.2, 0.25) is 11.9 Å². The number of piperazine rings is 1. The van der Waals surface area contributed by atoms with E-state index >= 15 is 0 Å². The highest BCUT2D eigenvalue weighted by Gasteiger charge is 2.26. The number of nitrogens with one attached hydrogen (secondary N) is 3. The van der Waals surface area contributed by atoms with Crippen molar-refractivity contribution in [2.45, 2.75) is 72.8 Å². The minimum Gasteiger partial charge on any atom is -0.383 e. The number of thiazole rings is 1. The quantitative estimate of drug-likeness (QED) is 0.0479. The minimum absolute atomic E-state index is 0.00323. The molecule has 2 fully saturated rings. The summed E-state index contributed by atoms with van der Waals surface area (Å²) in [6.45, 7) is 15.6. The van der Waals surface area contributed by atoms with Crippen molar-refractivity contribution in [3.8, 4) is 0 Å².